The van der Waals surface area contributed by atoms with Gasteiger partial charge in [-0.3, -0.25) is 0 Å². The molecule has 110 valence electrons. The van der Waals surface area contributed by atoms with Crippen LogP contribution < -0.4 is 19.9 Å². The maximum absolute atomic E-state index is 12.2. The van der Waals surface area contributed by atoms with E-state index in [1.54, 1.807) is 18.2 Å². The molecule has 2 aromatic carbocycles. The molecule has 0 atom stereocenters. The molecule has 2 N–H and O–H groups in total. The summed E-state index contributed by atoms with van der Waals surface area (Å²) in [6.07, 6.45) is -4.77. The summed E-state index contributed by atoms with van der Waals surface area (Å²) < 4.78 is 50.8. The van der Waals surface area contributed by atoms with Crippen molar-refractivity contribution in [2.45, 2.75) is 6.36 Å². The van der Waals surface area contributed by atoms with E-state index in [0.717, 1.165) is 5.56 Å². The van der Waals surface area contributed by atoms with Gasteiger partial charge in [0.2, 0.25) is 6.79 Å². The fraction of sp³-hybridized carbons (Fsp3) is 0.143. The normalized spacial score (nSPS) is 13.3. The van der Waals surface area contributed by atoms with Crippen LogP contribution >= 0.6 is 0 Å². The molecule has 4 nitrogen and oxygen atoms in total. The van der Waals surface area contributed by atoms with Crippen molar-refractivity contribution in [3.05, 3.63) is 36.4 Å². The van der Waals surface area contributed by atoms with E-state index in [0.29, 0.717) is 17.1 Å². The highest BCUT2D eigenvalue weighted by molar-refractivity contribution is 5.72. The van der Waals surface area contributed by atoms with Crippen molar-refractivity contribution in [2.24, 2.45) is 0 Å². The Bertz CT molecular complexity index is 686. The summed E-state index contributed by atoms with van der Waals surface area (Å²) in [7, 11) is 0. The molecule has 1 aliphatic heterocycles. The first-order chi connectivity index (χ1) is 9.92. The Morgan fingerprint density at radius 2 is 1.62 bits per heavy atom. The second-order valence-corrected chi connectivity index (χ2v) is 4.37. The molecule has 0 aliphatic carbocycles. The van der Waals surface area contributed by atoms with Crippen LogP contribution in [0.3, 0.4) is 0 Å². The third kappa shape index (κ3) is 2.81. The van der Waals surface area contributed by atoms with Gasteiger partial charge >= 0.3 is 6.36 Å². The zero-order valence-corrected chi connectivity index (χ0v) is 10.6. The number of benzene rings is 2. The van der Waals surface area contributed by atoms with Crippen molar-refractivity contribution in [1.82, 2.24) is 0 Å². The van der Waals surface area contributed by atoms with Crippen molar-refractivity contribution in [3.8, 4) is 28.4 Å². The molecule has 2 aromatic rings. The van der Waals surface area contributed by atoms with E-state index < -0.39 is 12.1 Å². The minimum atomic E-state index is -4.77. The van der Waals surface area contributed by atoms with Crippen LogP contribution in [0.15, 0.2) is 36.4 Å². The smallest absolute Gasteiger partial charge is 0.454 e. The van der Waals surface area contributed by atoms with Crippen molar-refractivity contribution < 1.29 is 27.4 Å². The highest BCUT2D eigenvalue weighted by atomic mass is 19.4. The van der Waals surface area contributed by atoms with Crippen LogP contribution in [0.2, 0.25) is 0 Å². The molecular weight excluding hydrogens is 287 g/mol. The van der Waals surface area contributed by atoms with Gasteiger partial charge in [0.15, 0.2) is 17.2 Å². The number of hydrogen-bond acceptors (Lipinski definition) is 4. The molecule has 0 saturated carbocycles. The van der Waals surface area contributed by atoms with Crippen molar-refractivity contribution in [1.29, 1.82) is 0 Å². The third-order valence-corrected chi connectivity index (χ3v) is 2.94. The van der Waals surface area contributed by atoms with Gasteiger partial charge in [0.1, 0.15) is 0 Å². The van der Waals surface area contributed by atoms with E-state index in [-0.39, 0.29) is 12.5 Å². The minimum absolute atomic E-state index is 0.0949. The quantitative estimate of drug-likeness (QED) is 0.861. The van der Waals surface area contributed by atoms with Crippen LogP contribution in [0.1, 0.15) is 0 Å². The Morgan fingerprint density at radius 1 is 0.952 bits per heavy atom. The van der Waals surface area contributed by atoms with Crippen LogP contribution in [0, 0.1) is 0 Å². The Labute approximate surface area is 117 Å². The van der Waals surface area contributed by atoms with Gasteiger partial charge in [-0.1, -0.05) is 12.1 Å². The fourth-order valence-electron chi connectivity index (χ4n) is 2.02. The van der Waals surface area contributed by atoms with E-state index in [4.69, 9.17) is 15.2 Å². The number of rotatable bonds is 2. The number of fused-ring (bicyclic) bond motifs is 1. The van der Waals surface area contributed by atoms with Crippen molar-refractivity contribution in [2.75, 3.05) is 12.5 Å². The van der Waals surface area contributed by atoms with Crippen LogP contribution in [-0.2, 0) is 0 Å². The molecule has 0 radical (unpaired) electrons. The first-order valence-corrected chi connectivity index (χ1v) is 5.98. The van der Waals surface area contributed by atoms with Gasteiger partial charge < -0.3 is 19.9 Å². The van der Waals surface area contributed by atoms with Gasteiger partial charge in [-0.25, -0.2) is 0 Å². The first-order valence-electron chi connectivity index (χ1n) is 5.98. The van der Waals surface area contributed by atoms with E-state index in [1.165, 1.54) is 18.2 Å². The number of nitrogens with two attached hydrogens (primary N) is 1. The Kier molecular flexibility index (Phi) is 3.04. The van der Waals surface area contributed by atoms with Gasteiger partial charge in [-0.15, -0.1) is 13.2 Å². The molecule has 1 aliphatic rings. The lowest BCUT2D eigenvalue weighted by molar-refractivity contribution is -0.274. The molecule has 0 saturated heterocycles. The maximum atomic E-state index is 12.2. The average molecular weight is 297 g/mol. The molecule has 0 spiro atoms. The molecule has 0 amide bonds. The van der Waals surface area contributed by atoms with Crippen LogP contribution in [0.5, 0.6) is 17.2 Å². The molecule has 3 rings (SSSR count). The zero-order valence-electron chi connectivity index (χ0n) is 10.6. The van der Waals surface area contributed by atoms with Gasteiger partial charge in [-0.05, 0) is 35.4 Å². The summed E-state index contributed by atoms with van der Waals surface area (Å²) in [5.41, 5.74) is 6.91. The molecule has 0 aromatic heterocycles. The number of anilines is 1. The van der Waals surface area contributed by atoms with Gasteiger partial charge in [0.25, 0.3) is 0 Å². The van der Waals surface area contributed by atoms with Crippen LogP contribution in [0.25, 0.3) is 11.1 Å². The Balaban J connectivity index is 1.91. The predicted molar refractivity (Wildman–Crippen MR) is 69.1 cm³/mol. The summed E-state index contributed by atoms with van der Waals surface area (Å²) in [6.45, 7) is 0.152. The molecular formula is C14H10F3NO3. The van der Waals surface area contributed by atoms with E-state index in [2.05, 4.69) is 4.74 Å². The second kappa shape index (κ2) is 4.76. The summed E-state index contributed by atoms with van der Waals surface area (Å²) in [4.78, 5) is 0. The lowest BCUT2D eigenvalue weighted by Crippen LogP contribution is -2.17. The molecule has 7 heteroatoms. The molecule has 0 fully saturated rings. The minimum Gasteiger partial charge on any atom is -0.454 e. The highest BCUT2D eigenvalue weighted by Crippen LogP contribution is 2.38. The number of ether oxygens (including phenoxy) is 3. The Morgan fingerprint density at radius 3 is 2.33 bits per heavy atom. The summed E-state index contributed by atoms with van der Waals surface area (Å²) in [6, 6.07) is 9.33. The summed E-state index contributed by atoms with van der Waals surface area (Å²) >= 11 is 0. The number of hydrogen-bond donors (Lipinski definition) is 1. The average Bonchev–Trinajstić information content (AvgIpc) is 2.87. The van der Waals surface area contributed by atoms with E-state index >= 15 is 0 Å². The van der Waals surface area contributed by atoms with E-state index in [9.17, 15) is 13.2 Å². The van der Waals surface area contributed by atoms with Crippen molar-refractivity contribution >= 4 is 5.69 Å². The van der Waals surface area contributed by atoms with Crippen molar-refractivity contribution in [3.63, 3.8) is 0 Å². The highest BCUT2D eigenvalue weighted by Gasteiger charge is 2.32. The second-order valence-electron chi connectivity index (χ2n) is 4.37. The Hall–Kier alpha value is -2.57. The lowest BCUT2D eigenvalue weighted by Gasteiger charge is -2.12. The monoisotopic (exact) mass is 297 g/mol. The van der Waals surface area contributed by atoms with Gasteiger partial charge in [0, 0.05) is 0 Å². The van der Waals surface area contributed by atoms with E-state index in [1.807, 2.05) is 0 Å². The number of halogens is 3. The standard InChI is InChI=1S/C14H10F3NO3/c15-14(16,17)21-11-3-1-8(5-10(11)18)9-2-4-12-13(6-9)20-7-19-12/h1-6H,7,18H2. The topological polar surface area (TPSA) is 53.7 Å². The zero-order chi connectivity index (χ0) is 15.0. The summed E-state index contributed by atoms with van der Waals surface area (Å²) in [5, 5.41) is 0. The predicted octanol–water partition coefficient (Wildman–Crippen LogP) is 3.56. The molecule has 0 bridgehead atoms. The third-order valence-electron chi connectivity index (χ3n) is 2.94. The van der Waals surface area contributed by atoms with Crippen LogP contribution in [-0.4, -0.2) is 13.2 Å². The summed E-state index contributed by atoms with van der Waals surface area (Å²) in [5.74, 6) is 0.789. The number of alkyl halides is 3. The SMILES string of the molecule is Nc1cc(-c2ccc3c(c2)OCO3)ccc1OC(F)(F)F. The van der Waals surface area contributed by atoms with Gasteiger partial charge in [0.05, 0.1) is 5.69 Å². The van der Waals surface area contributed by atoms with Gasteiger partial charge in [-0.2, -0.15) is 0 Å². The molecule has 0 unspecified atom stereocenters. The first kappa shape index (κ1) is 13.4. The largest absolute Gasteiger partial charge is 0.573 e. The fourth-order valence-corrected chi connectivity index (χ4v) is 2.02. The molecule has 21 heavy (non-hydrogen) atoms. The maximum Gasteiger partial charge on any atom is 0.573 e. The van der Waals surface area contributed by atoms with Crippen LogP contribution in [0.4, 0.5) is 18.9 Å². The molecule has 1 heterocycles. The number of nitrogen functional groups attached to an aromatic ring is 1. The lowest BCUT2D eigenvalue weighted by atomic mass is 10.0.